The molecule has 0 aromatic heterocycles. The average molecular weight is 238 g/mol. The van der Waals surface area contributed by atoms with Gasteiger partial charge in [-0.05, 0) is 31.1 Å². The van der Waals surface area contributed by atoms with Gasteiger partial charge in [-0.15, -0.1) is 0 Å². The zero-order valence-electron chi connectivity index (χ0n) is 11.6. The van der Waals surface area contributed by atoms with Gasteiger partial charge in [0, 0.05) is 6.54 Å². The van der Waals surface area contributed by atoms with Gasteiger partial charge in [0.25, 0.3) is 0 Å². The fourth-order valence-electron chi connectivity index (χ4n) is 2.59. The van der Waals surface area contributed by atoms with Gasteiger partial charge in [-0.3, -0.25) is 10.1 Å². The molecular formula is C14H26N2O. The number of nitrogens with one attached hydrogen (secondary N) is 1. The van der Waals surface area contributed by atoms with E-state index in [2.05, 4.69) is 37.9 Å². The zero-order chi connectivity index (χ0) is 12.6. The molecule has 1 N–H and O–H groups in total. The molecule has 1 saturated heterocycles. The van der Waals surface area contributed by atoms with Crippen molar-refractivity contribution in [2.45, 2.75) is 65.1 Å². The third-order valence-electron chi connectivity index (χ3n) is 4.42. The van der Waals surface area contributed by atoms with Crippen molar-refractivity contribution in [3.63, 3.8) is 0 Å². The van der Waals surface area contributed by atoms with E-state index in [0.717, 1.165) is 32.2 Å². The smallest absolute Gasteiger partial charge is 0.244 e. The van der Waals surface area contributed by atoms with Gasteiger partial charge in [0.2, 0.25) is 5.91 Å². The fraction of sp³-hybridized carbons (Fsp3) is 0.929. The minimum atomic E-state index is -0.142. The zero-order valence-corrected chi connectivity index (χ0v) is 11.6. The first-order valence-electron chi connectivity index (χ1n) is 7.09. The molecule has 1 aliphatic carbocycles. The normalized spacial score (nSPS) is 28.2. The van der Waals surface area contributed by atoms with E-state index in [1.165, 1.54) is 0 Å². The van der Waals surface area contributed by atoms with Crippen molar-refractivity contribution in [3.8, 4) is 0 Å². The molecule has 2 unspecified atom stereocenters. The van der Waals surface area contributed by atoms with Crippen molar-refractivity contribution in [1.29, 1.82) is 0 Å². The van der Waals surface area contributed by atoms with Gasteiger partial charge < -0.3 is 4.90 Å². The molecule has 3 heteroatoms. The van der Waals surface area contributed by atoms with E-state index in [4.69, 9.17) is 0 Å². The molecule has 2 aliphatic rings. The summed E-state index contributed by atoms with van der Waals surface area (Å²) in [6, 6.07) is 0. The lowest BCUT2D eigenvalue weighted by Crippen LogP contribution is -2.40. The number of carbonyl (C=O) groups is 1. The Morgan fingerprint density at radius 3 is 2.53 bits per heavy atom. The minimum Gasteiger partial charge on any atom is -0.325 e. The molecule has 1 spiro atoms. The molecule has 2 atom stereocenters. The lowest BCUT2D eigenvalue weighted by Gasteiger charge is -2.28. The van der Waals surface area contributed by atoms with Crippen LogP contribution in [-0.2, 0) is 4.79 Å². The number of hydrogen-bond donors (Lipinski definition) is 1. The molecule has 98 valence electrons. The maximum Gasteiger partial charge on any atom is 0.244 e. The maximum absolute atomic E-state index is 12.4. The third kappa shape index (κ3) is 2.35. The minimum absolute atomic E-state index is 0.142. The van der Waals surface area contributed by atoms with E-state index < -0.39 is 0 Å². The second kappa shape index (κ2) is 4.60. The van der Waals surface area contributed by atoms with E-state index >= 15 is 0 Å². The van der Waals surface area contributed by atoms with Crippen LogP contribution in [0.3, 0.4) is 0 Å². The highest BCUT2D eigenvalue weighted by molar-refractivity contribution is 5.91. The third-order valence-corrected chi connectivity index (χ3v) is 4.42. The van der Waals surface area contributed by atoms with Crippen LogP contribution in [0.5, 0.6) is 0 Å². The highest BCUT2D eigenvalue weighted by atomic mass is 16.2. The van der Waals surface area contributed by atoms with Crippen LogP contribution in [0.25, 0.3) is 0 Å². The first-order chi connectivity index (χ1) is 8.00. The Labute approximate surface area is 105 Å². The lowest BCUT2D eigenvalue weighted by molar-refractivity contribution is -0.131. The predicted molar refractivity (Wildman–Crippen MR) is 69.5 cm³/mol. The summed E-state index contributed by atoms with van der Waals surface area (Å²) in [7, 11) is 0. The van der Waals surface area contributed by atoms with Crippen LogP contribution < -0.4 is 5.32 Å². The van der Waals surface area contributed by atoms with Gasteiger partial charge in [0.05, 0.1) is 11.7 Å². The Morgan fingerprint density at radius 1 is 1.41 bits per heavy atom. The monoisotopic (exact) mass is 238 g/mol. The molecule has 1 saturated carbocycles. The highest BCUT2D eigenvalue weighted by Crippen LogP contribution is 2.43. The number of amides is 1. The number of nitrogens with zero attached hydrogens (tertiary/aromatic N) is 1. The Kier molecular flexibility index (Phi) is 3.48. The van der Waals surface area contributed by atoms with Gasteiger partial charge in [0.1, 0.15) is 0 Å². The summed E-state index contributed by atoms with van der Waals surface area (Å²) in [5.74, 6) is 1.58. The Bertz CT molecular complexity index is 297. The molecule has 0 aromatic carbocycles. The fourth-order valence-corrected chi connectivity index (χ4v) is 2.59. The van der Waals surface area contributed by atoms with Crippen LogP contribution in [0.4, 0.5) is 0 Å². The van der Waals surface area contributed by atoms with Crippen molar-refractivity contribution in [1.82, 2.24) is 10.2 Å². The van der Waals surface area contributed by atoms with Crippen molar-refractivity contribution in [2.24, 2.45) is 11.8 Å². The summed E-state index contributed by atoms with van der Waals surface area (Å²) in [6.45, 7) is 9.82. The molecule has 2 rings (SSSR count). The average Bonchev–Trinajstić information content (AvgIpc) is 3.00. The molecule has 0 radical (unpaired) electrons. The summed E-state index contributed by atoms with van der Waals surface area (Å²) in [4.78, 5) is 14.5. The van der Waals surface area contributed by atoms with E-state index in [9.17, 15) is 4.79 Å². The second-order valence-electron chi connectivity index (χ2n) is 6.21. The summed E-state index contributed by atoms with van der Waals surface area (Å²) >= 11 is 0. The summed E-state index contributed by atoms with van der Waals surface area (Å²) in [5, 5.41) is 3.56. The first-order valence-corrected chi connectivity index (χ1v) is 7.09. The first kappa shape index (κ1) is 12.9. The molecule has 0 bridgehead atoms. The van der Waals surface area contributed by atoms with Crippen molar-refractivity contribution < 1.29 is 4.79 Å². The van der Waals surface area contributed by atoms with Crippen LogP contribution in [-0.4, -0.2) is 29.1 Å². The largest absolute Gasteiger partial charge is 0.325 e. The maximum atomic E-state index is 12.4. The van der Waals surface area contributed by atoms with Crippen LogP contribution >= 0.6 is 0 Å². The Balaban J connectivity index is 2.04. The van der Waals surface area contributed by atoms with Crippen LogP contribution in [0, 0.1) is 11.8 Å². The van der Waals surface area contributed by atoms with Crippen molar-refractivity contribution >= 4 is 5.91 Å². The van der Waals surface area contributed by atoms with Crippen molar-refractivity contribution in [2.75, 3.05) is 6.54 Å². The van der Waals surface area contributed by atoms with Gasteiger partial charge in [-0.25, -0.2) is 0 Å². The standard InChI is InChI=1S/C14H26N2O/c1-5-6-12-15-14(7-8-14)13(17)16(12)9-11(4)10(2)3/h10-12,15H,5-9H2,1-4H3. The number of hydrogen-bond acceptors (Lipinski definition) is 2. The van der Waals surface area contributed by atoms with Crippen LogP contribution in [0.1, 0.15) is 53.4 Å². The molecule has 1 amide bonds. The van der Waals surface area contributed by atoms with Crippen molar-refractivity contribution in [3.05, 3.63) is 0 Å². The molecule has 3 nitrogen and oxygen atoms in total. The van der Waals surface area contributed by atoms with Gasteiger partial charge in [-0.1, -0.05) is 34.1 Å². The molecule has 1 heterocycles. The van der Waals surface area contributed by atoms with E-state index in [1.54, 1.807) is 0 Å². The summed E-state index contributed by atoms with van der Waals surface area (Å²) in [6.07, 6.45) is 4.58. The number of carbonyl (C=O) groups excluding carboxylic acids is 1. The summed E-state index contributed by atoms with van der Waals surface area (Å²) in [5.41, 5.74) is -0.142. The number of rotatable bonds is 5. The van der Waals surface area contributed by atoms with E-state index in [-0.39, 0.29) is 11.7 Å². The van der Waals surface area contributed by atoms with Gasteiger partial charge >= 0.3 is 0 Å². The topological polar surface area (TPSA) is 32.3 Å². The molecule has 0 aromatic rings. The van der Waals surface area contributed by atoms with E-state index in [1.807, 2.05) is 0 Å². The van der Waals surface area contributed by atoms with Crippen LogP contribution in [0.2, 0.25) is 0 Å². The SMILES string of the molecule is CCCC1NC2(CC2)C(=O)N1CC(C)C(C)C. The molecule has 2 fully saturated rings. The quantitative estimate of drug-likeness (QED) is 0.797. The second-order valence-corrected chi connectivity index (χ2v) is 6.21. The van der Waals surface area contributed by atoms with Gasteiger partial charge in [-0.2, -0.15) is 0 Å². The molecule has 17 heavy (non-hydrogen) atoms. The van der Waals surface area contributed by atoms with Gasteiger partial charge in [0.15, 0.2) is 0 Å². The van der Waals surface area contributed by atoms with Crippen LogP contribution in [0.15, 0.2) is 0 Å². The highest BCUT2D eigenvalue weighted by Gasteiger charge is 2.58. The summed E-state index contributed by atoms with van der Waals surface area (Å²) < 4.78 is 0. The Hall–Kier alpha value is -0.570. The van der Waals surface area contributed by atoms with E-state index in [0.29, 0.717) is 17.7 Å². The lowest BCUT2D eigenvalue weighted by atomic mass is 9.97. The molecular weight excluding hydrogens is 212 g/mol. The molecule has 1 aliphatic heterocycles. The predicted octanol–water partition coefficient (Wildman–Crippen LogP) is 2.37. The Morgan fingerprint density at radius 2 is 2.06 bits per heavy atom.